The molecule has 0 amide bonds. The van der Waals surface area contributed by atoms with Crippen molar-refractivity contribution in [3.63, 3.8) is 0 Å². The number of nitrogens with zero attached hydrogens (tertiary/aromatic N) is 3. The summed E-state index contributed by atoms with van der Waals surface area (Å²) in [5.41, 5.74) is 7.60. The van der Waals surface area contributed by atoms with E-state index in [9.17, 15) is 9.65 Å². The van der Waals surface area contributed by atoms with Crippen LogP contribution in [0.4, 0.5) is 10.2 Å². The van der Waals surface area contributed by atoms with Gasteiger partial charge in [0, 0.05) is 6.42 Å². The summed E-state index contributed by atoms with van der Waals surface area (Å²) < 4.78 is 14.6. The van der Waals surface area contributed by atoms with E-state index in [4.69, 9.17) is 5.73 Å². The summed E-state index contributed by atoms with van der Waals surface area (Å²) in [7, 11) is 0. The maximum Gasteiger partial charge on any atom is 0.140 e. The van der Waals surface area contributed by atoms with Crippen molar-refractivity contribution in [2.24, 2.45) is 0 Å². The zero-order valence-corrected chi connectivity index (χ0v) is 11.8. The maximum absolute atomic E-state index is 12.9. The van der Waals surface area contributed by atoms with Crippen molar-refractivity contribution in [1.29, 1.82) is 5.26 Å². The lowest BCUT2D eigenvalue weighted by Crippen LogP contribution is -2.25. The molecule has 0 unspecified atom stereocenters. The number of aromatic nitrogens is 2. The molecule has 2 N–H and O–H groups in total. The molecule has 1 aromatic carbocycles. The van der Waals surface area contributed by atoms with Gasteiger partial charge >= 0.3 is 0 Å². The van der Waals surface area contributed by atoms with E-state index in [1.165, 1.54) is 12.1 Å². The van der Waals surface area contributed by atoms with Gasteiger partial charge in [-0.15, -0.1) is 0 Å². The van der Waals surface area contributed by atoms with Crippen LogP contribution in [-0.4, -0.2) is 9.78 Å². The van der Waals surface area contributed by atoms with Crippen LogP contribution in [0.2, 0.25) is 0 Å². The molecule has 0 fully saturated rings. The first-order valence-electron chi connectivity index (χ1n) is 6.35. The standard InChI is InChI=1S/C15H17FN4/c1-15(2,3)20-14(18)12(9-17)13(19-20)8-10-4-6-11(16)7-5-10/h4-7H,8,18H2,1-3H3. The average molecular weight is 272 g/mol. The Hall–Kier alpha value is -2.35. The molecule has 5 heteroatoms. The SMILES string of the molecule is CC(C)(C)n1nc(Cc2ccc(F)cc2)c(C#N)c1N. The zero-order chi connectivity index (χ0) is 14.9. The Kier molecular flexibility index (Phi) is 3.49. The Morgan fingerprint density at radius 1 is 1.30 bits per heavy atom. The normalized spacial score (nSPS) is 11.3. The lowest BCUT2D eigenvalue weighted by molar-refractivity contribution is 0.359. The van der Waals surface area contributed by atoms with Crippen LogP contribution in [0, 0.1) is 17.1 Å². The average Bonchev–Trinajstić information content (AvgIpc) is 2.68. The van der Waals surface area contributed by atoms with E-state index in [1.807, 2.05) is 20.8 Å². The Morgan fingerprint density at radius 3 is 2.40 bits per heavy atom. The molecule has 0 saturated carbocycles. The van der Waals surface area contributed by atoms with Gasteiger partial charge in [-0.2, -0.15) is 10.4 Å². The summed E-state index contributed by atoms with van der Waals surface area (Å²) in [5.74, 6) is 0.0890. The van der Waals surface area contributed by atoms with Crippen LogP contribution in [0.25, 0.3) is 0 Å². The van der Waals surface area contributed by atoms with Crippen molar-refractivity contribution in [1.82, 2.24) is 9.78 Å². The van der Waals surface area contributed by atoms with Crippen LogP contribution >= 0.6 is 0 Å². The molecule has 2 aromatic rings. The molecule has 0 radical (unpaired) electrons. The third kappa shape index (κ3) is 2.64. The van der Waals surface area contributed by atoms with Crippen LogP contribution in [0.3, 0.4) is 0 Å². The Morgan fingerprint density at radius 2 is 1.90 bits per heavy atom. The second kappa shape index (κ2) is 4.97. The number of hydrogen-bond acceptors (Lipinski definition) is 3. The molecule has 2 rings (SSSR count). The predicted octanol–water partition coefficient (Wildman–Crippen LogP) is 2.82. The van der Waals surface area contributed by atoms with Crippen molar-refractivity contribution in [3.05, 3.63) is 46.9 Å². The van der Waals surface area contributed by atoms with Gasteiger partial charge in [-0.1, -0.05) is 12.1 Å². The highest BCUT2D eigenvalue weighted by molar-refractivity contribution is 5.53. The number of benzene rings is 1. The van der Waals surface area contributed by atoms with Crippen LogP contribution in [0.15, 0.2) is 24.3 Å². The van der Waals surface area contributed by atoms with Gasteiger partial charge in [0.05, 0.1) is 11.2 Å². The zero-order valence-electron chi connectivity index (χ0n) is 11.8. The van der Waals surface area contributed by atoms with E-state index in [-0.39, 0.29) is 11.4 Å². The highest BCUT2D eigenvalue weighted by Gasteiger charge is 2.23. The number of hydrogen-bond donors (Lipinski definition) is 1. The quantitative estimate of drug-likeness (QED) is 0.914. The smallest absolute Gasteiger partial charge is 0.140 e. The van der Waals surface area contributed by atoms with Crippen LogP contribution in [0.1, 0.15) is 37.6 Å². The fraction of sp³-hybridized carbons (Fsp3) is 0.333. The molecule has 0 aliphatic rings. The van der Waals surface area contributed by atoms with E-state index < -0.39 is 0 Å². The summed E-state index contributed by atoms with van der Waals surface area (Å²) in [6.07, 6.45) is 0.455. The van der Waals surface area contributed by atoms with Crippen LogP contribution in [-0.2, 0) is 12.0 Å². The minimum absolute atomic E-state index is 0.283. The van der Waals surface area contributed by atoms with Gasteiger partial charge in [0.1, 0.15) is 23.3 Å². The Labute approximate surface area is 117 Å². The lowest BCUT2D eigenvalue weighted by Gasteiger charge is -2.20. The molecular weight excluding hydrogens is 255 g/mol. The molecule has 4 nitrogen and oxygen atoms in total. The van der Waals surface area contributed by atoms with Crippen molar-refractivity contribution in [2.45, 2.75) is 32.7 Å². The molecule has 0 atom stereocenters. The van der Waals surface area contributed by atoms with Crippen molar-refractivity contribution < 1.29 is 4.39 Å². The topological polar surface area (TPSA) is 67.6 Å². The minimum atomic E-state index is -0.295. The molecule has 0 bridgehead atoms. The number of anilines is 1. The fourth-order valence-electron chi connectivity index (χ4n) is 2.03. The summed E-state index contributed by atoms with van der Waals surface area (Å²) in [4.78, 5) is 0. The minimum Gasteiger partial charge on any atom is -0.383 e. The van der Waals surface area contributed by atoms with Gasteiger partial charge in [0.25, 0.3) is 0 Å². The fourth-order valence-corrected chi connectivity index (χ4v) is 2.03. The first kappa shape index (κ1) is 14.1. The molecule has 0 saturated heterocycles. The van der Waals surface area contributed by atoms with E-state index >= 15 is 0 Å². The second-order valence-corrected chi connectivity index (χ2v) is 5.70. The Bertz CT molecular complexity index is 657. The first-order valence-corrected chi connectivity index (χ1v) is 6.35. The Balaban J connectivity index is 2.42. The first-order chi connectivity index (χ1) is 9.32. The van der Waals surface area contributed by atoms with Gasteiger partial charge in [0.2, 0.25) is 0 Å². The van der Waals surface area contributed by atoms with Crippen molar-refractivity contribution in [3.8, 4) is 6.07 Å². The van der Waals surface area contributed by atoms with Crippen molar-refractivity contribution >= 4 is 5.82 Å². The number of rotatable bonds is 2. The number of halogens is 1. The molecular formula is C15H17FN4. The van der Waals surface area contributed by atoms with Gasteiger partial charge in [-0.25, -0.2) is 9.07 Å². The third-order valence-electron chi connectivity index (χ3n) is 3.03. The number of nitrogens with two attached hydrogens (primary N) is 1. The van der Waals surface area contributed by atoms with Crippen molar-refractivity contribution in [2.75, 3.05) is 5.73 Å². The van der Waals surface area contributed by atoms with Crippen LogP contribution in [0.5, 0.6) is 0 Å². The summed E-state index contributed by atoms with van der Waals surface area (Å²) >= 11 is 0. The summed E-state index contributed by atoms with van der Waals surface area (Å²) in [5, 5.41) is 13.7. The van der Waals surface area contributed by atoms with E-state index in [0.717, 1.165) is 5.56 Å². The largest absolute Gasteiger partial charge is 0.383 e. The monoisotopic (exact) mass is 272 g/mol. The van der Waals surface area contributed by atoms with E-state index in [1.54, 1.807) is 16.8 Å². The predicted molar refractivity (Wildman–Crippen MR) is 75.6 cm³/mol. The number of nitriles is 1. The lowest BCUT2D eigenvalue weighted by atomic mass is 10.1. The van der Waals surface area contributed by atoms with E-state index in [0.29, 0.717) is 23.5 Å². The summed E-state index contributed by atoms with van der Waals surface area (Å²) in [6, 6.07) is 8.26. The molecule has 1 aromatic heterocycles. The van der Waals surface area contributed by atoms with Gasteiger partial charge < -0.3 is 5.73 Å². The summed E-state index contributed by atoms with van der Waals surface area (Å²) in [6.45, 7) is 5.91. The van der Waals surface area contributed by atoms with E-state index in [2.05, 4.69) is 11.2 Å². The molecule has 1 heterocycles. The van der Waals surface area contributed by atoms with Crippen LogP contribution < -0.4 is 5.73 Å². The van der Waals surface area contributed by atoms with Gasteiger partial charge in [0.15, 0.2) is 0 Å². The second-order valence-electron chi connectivity index (χ2n) is 5.70. The highest BCUT2D eigenvalue weighted by atomic mass is 19.1. The highest BCUT2D eigenvalue weighted by Crippen LogP contribution is 2.25. The molecule has 104 valence electrons. The molecule has 0 aliphatic heterocycles. The molecule has 0 aliphatic carbocycles. The number of nitrogen functional groups attached to an aromatic ring is 1. The third-order valence-corrected chi connectivity index (χ3v) is 3.03. The maximum atomic E-state index is 12.9. The molecule has 20 heavy (non-hydrogen) atoms. The van der Waals surface area contributed by atoms with Gasteiger partial charge in [-0.05, 0) is 38.5 Å². The molecule has 0 spiro atoms. The van der Waals surface area contributed by atoms with Gasteiger partial charge in [-0.3, -0.25) is 0 Å².